The van der Waals surface area contributed by atoms with Gasteiger partial charge in [-0.2, -0.15) is 22.8 Å². The van der Waals surface area contributed by atoms with Crippen LogP contribution < -0.4 is 15.0 Å². The second-order valence-electron chi connectivity index (χ2n) is 7.35. The summed E-state index contributed by atoms with van der Waals surface area (Å²) in [5, 5.41) is 7.80. The summed E-state index contributed by atoms with van der Waals surface area (Å²) in [5.41, 5.74) is 2.26. The molecule has 1 fully saturated rings. The molecule has 3 aromatic rings. The Morgan fingerprint density at radius 1 is 1.07 bits per heavy atom. The summed E-state index contributed by atoms with van der Waals surface area (Å²) >= 11 is 0. The number of fused-ring (bicyclic) bond motifs is 2. The molecule has 152 valence electrons. The van der Waals surface area contributed by atoms with Crippen LogP contribution in [0, 0.1) is 0 Å². The fraction of sp³-hybridized carbons (Fsp3) is 0.400. The van der Waals surface area contributed by atoms with Gasteiger partial charge in [0.05, 0.1) is 30.5 Å². The average Bonchev–Trinajstić information content (AvgIpc) is 2.99. The first-order valence-corrected chi connectivity index (χ1v) is 9.65. The Balaban J connectivity index is 1.40. The van der Waals surface area contributed by atoms with Gasteiger partial charge in [-0.15, -0.1) is 0 Å². The van der Waals surface area contributed by atoms with E-state index in [-0.39, 0.29) is 11.9 Å². The van der Waals surface area contributed by atoms with Gasteiger partial charge in [-0.05, 0) is 25.1 Å². The Morgan fingerprint density at radius 2 is 1.86 bits per heavy atom. The van der Waals surface area contributed by atoms with E-state index in [1.54, 1.807) is 12.3 Å². The number of alkyl halides is 3. The highest BCUT2D eigenvalue weighted by Crippen LogP contribution is 2.37. The predicted molar refractivity (Wildman–Crippen MR) is 101 cm³/mol. The van der Waals surface area contributed by atoms with Crippen LogP contribution in [0.15, 0.2) is 36.5 Å². The zero-order valence-corrected chi connectivity index (χ0v) is 15.6. The standard InChI is InChI=1S/C20H20F3N5O/c21-20(22,23)15-3-1-2-4-17(15)29-13-11-27(12-13)19-14-5-8-24-9-6-16(14)26-18-7-10-25-28(18)19/h1-4,7,10,13,24H,5-6,8-9,11-12H2. The van der Waals surface area contributed by atoms with E-state index in [1.807, 2.05) is 10.6 Å². The summed E-state index contributed by atoms with van der Waals surface area (Å²) < 4.78 is 47.2. The van der Waals surface area contributed by atoms with Crippen molar-refractivity contribution in [2.45, 2.75) is 25.1 Å². The molecule has 0 radical (unpaired) electrons. The molecule has 6 nitrogen and oxygen atoms in total. The number of hydrogen-bond donors (Lipinski definition) is 1. The number of rotatable bonds is 3. The zero-order valence-electron chi connectivity index (χ0n) is 15.6. The highest BCUT2D eigenvalue weighted by molar-refractivity contribution is 5.59. The predicted octanol–water partition coefficient (Wildman–Crippen LogP) is 2.70. The van der Waals surface area contributed by atoms with E-state index in [9.17, 15) is 13.2 Å². The van der Waals surface area contributed by atoms with Gasteiger partial charge in [-0.3, -0.25) is 0 Å². The van der Waals surface area contributed by atoms with Crippen LogP contribution in [0.3, 0.4) is 0 Å². The molecule has 0 saturated carbocycles. The lowest BCUT2D eigenvalue weighted by Gasteiger charge is -2.41. The maximum absolute atomic E-state index is 13.2. The van der Waals surface area contributed by atoms with Crippen molar-refractivity contribution >= 4 is 11.5 Å². The molecule has 0 atom stereocenters. The second kappa shape index (κ2) is 6.91. The second-order valence-corrected chi connectivity index (χ2v) is 7.35. The molecule has 1 N–H and O–H groups in total. The van der Waals surface area contributed by atoms with Gasteiger partial charge in [0, 0.05) is 24.6 Å². The Morgan fingerprint density at radius 3 is 2.69 bits per heavy atom. The lowest BCUT2D eigenvalue weighted by atomic mass is 10.1. The lowest BCUT2D eigenvalue weighted by molar-refractivity contribution is -0.139. The molecular formula is C20H20F3N5O. The van der Waals surface area contributed by atoms with E-state index in [2.05, 4.69) is 15.3 Å². The number of benzene rings is 1. The van der Waals surface area contributed by atoms with Crippen molar-refractivity contribution in [1.82, 2.24) is 19.9 Å². The van der Waals surface area contributed by atoms with Gasteiger partial charge >= 0.3 is 6.18 Å². The van der Waals surface area contributed by atoms with Crippen molar-refractivity contribution in [2.24, 2.45) is 0 Å². The number of ether oxygens (including phenoxy) is 1. The third-order valence-electron chi connectivity index (χ3n) is 5.42. The molecule has 2 aliphatic rings. The average molecular weight is 403 g/mol. The summed E-state index contributed by atoms with van der Waals surface area (Å²) in [4.78, 5) is 6.86. The van der Waals surface area contributed by atoms with E-state index in [1.165, 1.54) is 12.1 Å². The van der Waals surface area contributed by atoms with Crippen LogP contribution in [0.1, 0.15) is 16.8 Å². The molecule has 1 saturated heterocycles. The number of nitrogens with one attached hydrogen (secondary N) is 1. The number of anilines is 1. The van der Waals surface area contributed by atoms with E-state index in [4.69, 9.17) is 9.72 Å². The normalized spacial score (nSPS) is 17.7. The van der Waals surface area contributed by atoms with Crippen LogP contribution in [0.5, 0.6) is 5.75 Å². The Kier molecular flexibility index (Phi) is 4.34. The van der Waals surface area contributed by atoms with Gasteiger partial charge in [0.2, 0.25) is 0 Å². The van der Waals surface area contributed by atoms with Crippen LogP contribution in [0.4, 0.5) is 19.0 Å². The van der Waals surface area contributed by atoms with Crippen LogP contribution in [-0.2, 0) is 19.0 Å². The highest BCUT2D eigenvalue weighted by Gasteiger charge is 2.37. The van der Waals surface area contributed by atoms with Gasteiger partial charge in [-0.25, -0.2) is 4.98 Å². The topological polar surface area (TPSA) is 54.7 Å². The Hall–Kier alpha value is -2.81. The van der Waals surface area contributed by atoms with E-state index < -0.39 is 11.7 Å². The highest BCUT2D eigenvalue weighted by atomic mass is 19.4. The minimum atomic E-state index is -4.43. The Labute approximate surface area is 165 Å². The molecule has 0 amide bonds. The number of halogens is 3. The first-order chi connectivity index (χ1) is 14.0. The largest absolute Gasteiger partial charge is 0.486 e. The zero-order chi connectivity index (χ0) is 20.0. The van der Waals surface area contributed by atoms with Crippen LogP contribution in [-0.4, -0.2) is 46.9 Å². The Bertz CT molecular complexity index is 1040. The van der Waals surface area contributed by atoms with Crippen molar-refractivity contribution in [1.29, 1.82) is 0 Å². The van der Waals surface area contributed by atoms with Crippen molar-refractivity contribution < 1.29 is 17.9 Å². The maximum Gasteiger partial charge on any atom is 0.419 e. The van der Waals surface area contributed by atoms with E-state index in [0.29, 0.717) is 13.1 Å². The summed E-state index contributed by atoms with van der Waals surface area (Å²) in [6.45, 7) is 2.75. The summed E-state index contributed by atoms with van der Waals surface area (Å²) in [7, 11) is 0. The molecular weight excluding hydrogens is 383 g/mol. The molecule has 5 rings (SSSR count). The summed E-state index contributed by atoms with van der Waals surface area (Å²) in [5.74, 6) is 0.856. The van der Waals surface area contributed by atoms with Crippen molar-refractivity contribution in [3.8, 4) is 5.75 Å². The van der Waals surface area contributed by atoms with E-state index >= 15 is 0 Å². The molecule has 0 unspecified atom stereocenters. The van der Waals surface area contributed by atoms with Crippen molar-refractivity contribution in [3.05, 3.63) is 53.3 Å². The fourth-order valence-electron chi connectivity index (χ4n) is 4.01. The first kappa shape index (κ1) is 18.2. The van der Waals surface area contributed by atoms with Gasteiger partial charge in [0.1, 0.15) is 17.7 Å². The lowest BCUT2D eigenvalue weighted by Crippen LogP contribution is -2.55. The summed E-state index contributed by atoms with van der Waals surface area (Å²) in [6, 6.07) is 7.23. The smallest absolute Gasteiger partial charge is 0.419 e. The number of aromatic nitrogens is 3. The molecule has 1 aromatic carbocycles. The van der Waals surface area contributed by atoms with Crippen LogP contribution in [0.25, 0.3) is 5.65 Å². The van der Waals surface area contributed by atoms with Gasteiger partial charge in [-0.1, -0.05) is 12.1 Å². The number of hydrogen-bond acceptors (Lipinski definition) is 5. The minimum Gasteiger partial charge on any atom is -0.486 e. The van der Waals surface area contributed by atoms with Crippen LogP contribution >= 0.6 is 0 Å². The monoisotopic (exact) mass is 403 g/mol. The quantitative estimate of drug-likeness (QED) is 0.729. The van der Waals surface area contributed by atoms with Gasteiger partial charge < -0.3 is 15.0 Å². The van der Waals surface area contributed by atoms with Gasteiger partial charge in [0.25, 0.3) is 0 Å². The molecule has 9 heteroatoms. The molecule has 0 aliphatic carbocycles. The molecule has 0 bridgehead atoms. The van der Waals surface area contributed by atoms with E-state index in [0.717, 1.165) is 54.7 Å². The molecule has 29 heavy (non-hydrogen) atoms. The number of nitrogens with zero attached hydrogens (tertiary/aromatic N) is 4. The minimum absolute atomic E-state index is 0.119. The van der Waals surface area contributed by atoms with Crippen LogP contribution in [0.2, 0.25) is 0 Å². The maximum atomic E-state index is 13.2. The first-order valence-electron chi connectivity index (χ1n) is 9.65. The SMILES string of the molecule is FC(F)(F)c1ccccc1OC1CN(c2c3c(nc4ccnn24)CCNCC3)C1. The molecule has 2 aliphatic heterocycles. The van der Waals surface area contributed by atoms with Gasteiger partial charge in [0.15, 0.2) is 5.65 Å². The molecule has 2 aromatic heterocycles. The third kappa shape index (κ3) is 3.29. The summed E-state index contributed by atoms with van der Waals surface area (Å²) in [6.07, 6.45) is -1.34. The molecule has 0 spiro atoms. The van der Waals surface area contributed by atoms with Crippen molar-refractivity contribution in [3.63, 3.8) is 0 Å². The fourth-order valence-corrected chi connectivity index (χ4v) is 4.01. The van der Waals surface area contributed by atoms with Crippen molar-refractivity contribution in [2.75, 3.05) is 31.1 Å². The number of para-hydroxylation sites is 1. The third-order valence-corrected chi connectivity index (χ3v) is 5.42. The molecule has 4 heterocycles.